The van der Waals surface area contributed by atoms with Crippen LogP contribution in [0, 0.1) is 25.5 Å². The average molecular weight is 405 g/mol. The summed E-state index contributed by atoms with van der Waals surface area (Å²) in [5.41, 5.74) is 3.00. The van der Waals surface area contributed by atoms with Crippen LogP contribution in [0.15, 0.2) is 69.9 Å². The average Bonchev–Trinajstić information content (AvgIpc) is 2.71. The molecule has 0 fully saturated rings. The largest absolute Gasteiger partial charge is 0.456 e. The zero-order valence-electron chi connectivity index (χ0n) is 16.3. The van der Waals surface area contributed by atoms with E-state index in [1.54, 1.807) is 18.2 Å². The van der Waals surface area contributed by atoms with Gasteiger partial charge in [0.05, 0.1) is 11.1 Å². The molecule has 1 N–H and O–H groups in total. The maximum absolute atomic E-state index is 13.7. The Hall–Kier alpha value is -3.80. The number of fused-ring (bicyclic) bond motifs is 1. The molecule has 6 heteroatoms. The molecule has 3 aromatic carbocycles. The second-order valence-electron chi connectivity index (χ2n) is 7.09. The number of amides is 1. The number of carbonyl (C=O) groups is 1. The molecule has 0 atom stereocenters. The summed E-state index contributed by atoms with van der Waals surface area (Å²) in [6.45, 7) is 3.80. The molecule has 30 heavy (non-hydrogen) atoms. The minimum Gasteiger partial charge on any atom is -0.456 e. The minimum atomic E-state index is -0.858. The summed E-state index contributed by atoms with van der Waals surface area (Å²) >= 11 is 0. The first kappa shape index (κ1) is 19.5. The molecule has 0 unspecified atom stereocenters. The van der Waals surface area contributed by atoms with E-state index in [1.807, 2.05) is 19.9 Å². The Kier molecular flexibility index (Phi) is 4.91. The highest BCUT2D eigenvalue weighted by atomic mass is 19.1. The molecule has 4 rings (SSSR count). The third-order valence-electron chi connectivity index (χ3n) is 4.77. The van der Waals surface area contributed by atoms with Gasteiger partial charge in [0, 0.05) is 23.3 Å². The minimum absolute atomic E-state index is 0.114. The van der Waals surface area contributed by atoms with Crippen LogP contribution < -0.4 is 10.7 Å². The van der Waals surface area contributed by atoms with E-state index in [-0.39, 0.29) is 16.7 Å². The summed E-state index contributed by atoms with van der Waals surface area (Å²) in [6.07, 6.45) is 0. The van der Waals surface area contributed by atoms with E-state index >= 15 is 0 Å². The van der Waals surface area contributed by atoms with Crippen molar-refractivity contribution < 1.29 is 18.0 Å². The molecule has 0 aliphatic carbocycles. The molecule has 0 spiro atoms. The Morgan fingerprint density at radius 3 is 2.37 bits per heavy atom. The fourth-order valence-corrected chi connectivity index (χ4v) is 3.32. The topological polar surface area (TPSA) is 59.3 Å². The van der Waals surface area contributed by atoms with Gasteiger partial charge in [-0.1, -0.05) is 18.2 Å². The molecule has 0 aliphatic heterocycles. The molecule has 1 amide bonds. The molecule has 1 heterocycles. The van der Waals surface area contributed by atoms with E-state index in [2.05, 4.69) is 5.32 Å². The second-order valence-corrected chi connectivity index (χ2v) is 7.09. The van der Waals surface area contributed by atoms with Crippen molar-refractivity contribution in [1.82, 2.24) is 0 Å². The van der Waals surface area contributed by atoms with Crippen LogP contribution in [-0.2, 0) is 0 Å². The number of benzene rings is 3. The van der Waals surface area contributed by atoms with Crippen LogP contribution in [0.2, 0.25) is 0 Å². The van der Waals surface area contributed by atoms with Gasteiger partial charge in [0.1, 0.15) is 23.0 Å². The van der Waals surface area contributed by atoms with Crippen molar-refractivity contribution in [3.8, 4) is 11.3 Å². The van der Waals surface area contributed by atoms with Crippen molar-refractivity contribution in [2.75, 3.05) is 5.32 Å². The van der Waals surface area contributed by atoms with E-state index in [4.69, 9.17) is 4.42 Å². The van der Waals surface area contributed by atoms with Crippen LogP contribution >= 0.6 is 0 Å². The van der Waals surface area contributed by atoms with Gasteiger partial charge in [-0.2, -0.15) is 0 Å². The van der Waals surface area contributed by atoms with Crippen LogP contribution in [0.4, 0.5) is 14.5 Å². The number of hydrogen-bond donors (Lipinski definition) is 1. The van der Waals surface area contributed by atoms with Crippen LogP contribution in [0.25, 0.3) is 22.3 Å². The first-order chi connectivity index (χ1) is 14.3. The standard InChI is InChI=1S/C24H17F2NO3/c1-13-9-14(2)23-18(10-13)21(28)12-22(30-23)15-3-5-16(6-4-15)24(29)27-20-8-7-17(25)11-19(20)26/h3-12H,1-2H3,(H,27,29). The molecule has 0 saturated heterocycles. The zero-order chi connectivity index (χ0) is 21.4. The Morgan fingerprint density at radius 1 is 0.933 bits per heavy atom. The van der Waals surface area contributed by atoms with E-state index in [9.17, 15) is 18.4 Å². The summed E-state index contributed by atoms with van der Waals surface area (Å²) in [6, 6.07) is 14.4. The molecule has 0 saturated carbocycles. The lowest BCUT2D eigenvalue weighted by molar-refractivity contribution is 0.102. The van der Waals surface area contributed by atoms with Gasteiger partial charge in [-0.3, -0.25) is 9.59 Å². The molecule has 4 aromatic rings. The number of halogens is 2. The summed E-state index contributed by atoms with van der Waals surface area (Å²) in [5, 5.41) is 2.93. The molecule has 0 radical (unpaired) electrons. The van der Waals surface area contributed by atoms with Crippen molar-refractivity contribution >= 4 is 22.6 Å². The molecule has 4 nitrogen and oxygen atoms in total. The predicted molar refractivity (Wildman–Crippen MR) is 112 cm³/mol. The number of anilines is 1. The van der Waals surface area contributed by atoms with Gasteiger partial charge in [0.25, 0.3) is 5.91 Å². The molecule has 0 bridgehead atoms. The number of carbonyl (C=O) groups excluding carboxylic acids is 1. The van der Waals surface area contributed by atoms with Gasteiger partial charge in [-0.25, -0.2) is 8.78 Å². The maximum Gasteiger partial charge on any atom is 0.255 e. The van der Waals surface area contributed by atoms with Gasteiger partial charge in [-0.05, 0) is 55.3 Å². The van der Waals surface area contributed by atoms with Crippen molar-refractivity contribution in [2.24, 2.45) is 0 Å². The molecule has 150 valence electrons. The van der Waals surface area contributed by atoms with Crippen molar-refractivity contribution in [3.63, 3.8) is 0 Å². The van der Waals surface area contributed by atoms with Crippen LogP contribution in [0.5, 0.6) is 0 Å². The van der Waals surface area contributed by atoms with Gasteiger partial charge < -0.3 is 9.73 Å². The van der Waals surface area contributed by atoms with Gasteiger partial charge >= 0.3 is 0 Å². The number of aryl methyl sites for hydroxylation is 2. The van der Waals surface area contributed by atoms with Crippen LogP contribution in [-0.4, -0.2) is 5.91 Å². The van der Waals surface area contributed by atoms with Gasteiger partial charge in [0.15, 0.2) is 5.43 Å². The third kappa shape index (κ3) is 3.72. The van der Waals surface area contributed by atoms with Crippen LogP contribution in [0.3, 0.4) is 0 Å². The van der Waals surface area contributed by atoms with Crippen LogP contribution in [0.1, 0.15) is 21.5 Å². The fourth-order valence-electron chi connectivity index (χ4n) is 3.32. The smallest absolute Gasteiger partial charge is 0.255 e. The summed E-state index contributed by atoms with van der Waals surface area (Å²) in [7, 11) is 0. The SMILES string of the molecule is Cc1cc(C)c2oc(-c3ccc(C(=O)Nc4ccc(F)cc4F)cc3)cc(=O)c2c1. The quantitative estimate of drug-likeness (QED) is 0.482. The maximum atomic E-state index is 13.7. The third-order valence-corrected chi connectivity index (χ3v) is 4.77. The van der Waals surface area contributed by atoms with Gasteiger partial charge in [-0.15, -0.1) is 0 Å². The van der Waals surface area contributed by atoms with E-state index in [1.165, 1.54) is 18.2 Å². The summed E-state index contributed by atoms with van der Waals surface area (Å²) in [5.74, 6) is -1.74. The Morgan fingerprint density at radius 2 is 1.67 bits per heavy atom. The Labute approximate surface area is 170 Å². The van der Waals surface area contributed by atoms with Crippen molar-refractivity contribution in [1.29, 1.82) is 0 Å². The molecular weight excluding hydrogens is 388 g/mol. The Bertz CT molecular complexity index is 1340. The first-order valence-electron chi connectivity index (χ1n) is 9.24. The molecular formula is C24H17F2NO3. The van der Waals surface area contributed by atoms with Gasteiger partial charge in [0.2, 0.25) is 0 Å². The monoisotopic (exact) mass is 405 g/mol. The fraction of sp³-hybridized carbons (Fsp3) is 0.0833. The molecule has 0 aliphatic rings. The van der Waals surface area contributed by atoms with E-state index < -0.39 is 17.5 Å². The van der Waals surface area contributed by atoms with Crippen molar-refractivity contribution in [3.05, 3.63) is 99.2 Å². The highest BCUT2D eigenvalue weighted by molar-refractivity contribution is 6.04. The zero-order valence-corrected chi connectivity index (χ0v) is 16.3. The second kappa shape index (κ2) is 7.55. The van der Waals surface area contributed by atoms with E-state index in [0.717, 1.165) is 23.3 Å². The Balaban J connectivity index is 1.63. The lowest BCUT2D eigenvalue weighted by atomic mass is 10.1. The number of hydrogen-bond acceptors (Lipinski definition) is 3. The predicted octanol–water partition coefficient (Wildman–Crippen LogP) is 5.61. The normalized spacial score (nSPS) is 10.9. The van der Waals surface area contributed by atoms with E-state index in [0.29, 0.717) is 28.4 Å². The first-order valence-corrected chi connectivity index (χ1v) is 9.24. The highest BCUT2D eigenvalue weighted by Crippen LogP contribution is 2.25. The summed E-state index contributed by atoms with van der Waals surface area (Å²) < 4.78 is 32.7. The molecule has 1 aromatic heterocycles. The highest BCUT2D eigenvalue weighted by Gasteiger charge is 2.13. The lowest BCUT2D eigenvalue weighted by Gasteiger charge is -2.08. The lowest BCUT2D eigenvalue weighted by Crippen LogP contribution is -2.13. The number of nitrogens with one attached hydrogen (secondary N) is 1. The van der Waals surface area contributed by atoms with Crippen molar-refractivity contribution in [2.45, 2.75) is 13.8 Å². The summed E-state index contributed by atoms with van der Waals surface area (Å²) in [4.78, 5) is 24.9. The number of rotatable bonds is 3.